The Morgan fingerprint density at radius 1 is 0.909 bits per heavy atom. The minimum atomic E-state index is 0.109. The van der Waals surface area contributed by atoms with Crippen LogP contribution < -0.4 is 0 Å². The summed E-state index contributed by atoms with van der Waals surface area (Å²) in [5, 5.41) is 2.23. The van der Waals surface area contributed by atoms with E-state index in [0.717, 1.165) is 27.5 Å². The van der Waals surface area contributed by atoms with Gasteiger partial charge >= 0.3 is 0 Å². The number of rotatable bonds is 1. The Balaban J connectivity index is 1.99. The van der Waals surface area contributed by atoms with Gasteiger partial charge < -0.3 is 8.83 Å². The van der Waals surface area contributed by atoms with Gasteiger partial charge in [0.05, 0.1) is 6.20 Å². The fourth-order valence-electron chi connectivity index (χ4n) is 2.74. The van der Waals surface area contributed by atoms with Gasteiger partial charge in [-0.15, -0.1) is 0 Å². The van der Waals surface area contributed by atoms with Gasteiger partial charge in [0.2, 0.25) is 5.89 Å². The van der Waals surface area contributed by atoms with Crippen LogP contribution in [0.1, 0.15) is 26.3 Å². The zero-order chi connectivity index (χ0) is 15.3. The van der Waals surface area contributed by atoms with Crippen LogP contribution >= 0.6 is 0 Å². The van der Waals surface area contributed by atoms with Crippen LogP contribution in [0.2, 0.25) is 0 Å². The number of hydrogen-bond donors (Lipinski definition) is 0. The van der Waals surface area contributed by atoms with Gasteiger partial charge in [-0.1, -0.05) is 26.8 Å². The molecule has 4 rings (SSSR count). The summed E-state index contributed by atoms with van der Waals surface area (Å²) < 4.78 is 11.3. The van der Waals surface area contributed by atoms with Crippen LogP contribution in [0.4, 0.5) is 0 Å². The van der Waals surface area contributed by atoms with Crippen LogP contribution in [0.25, 0.3) is 33.4 Å². The molecule has 3 nitrogen and oxygen atoms in total. The Kier molecular flexibility index (Phi) is 2.67. The minimum absolute atomic E-state index is 0.109. The number of oxazole rings is 1. The molecule has 0 aliphatic rings. The molecule has 0 bridgehead atoms. The van der Waals surface area contributed by atoms with Gasteiger partial charge in [0.1, 0.15) is 17.4 Å². The standard InChI is InChI=1S/C19H17NO2/c1-19(2,3)13-5-7-17-15(11-13)14-10-12(4-6-16(14)22-17)18-20-8-9-21-18/h4-11H,1-3H3. The van der Waals surface area contributed by atoms with E-state index < -0.39 is 0 Å². The molecule has 0 atom stereocenters. The lowest BCUT2D eigenvalue weighted by Crippen LogP contribution is -2.10. The molecule has 4 aromatic rings. The summed E-state index contributed by atoms with van der Waals surface area (Å²) in [6.45, 7) is 6.65. The lowest BCUT2D eigenvalue weighted by Gasteiger charge is -2.18. The summed E-state index contributed by atoms with van der Waals surface area (Å²) in [4.78, 5) is 4.22. The van der Waals surface area contributed by atoms with Crippen LogP contribution in [0.5, 0.6) is 0 Å². The van der Waals surface area contributed by atoms with Crippen molar-refractivity contribution in [2.24, 2.45) is 0 Å². The van der Waals surface area contributed by atoms with E-state index >= 15 is 0 Å². The highest BCUT2D eigenvalue weighted by molar-refractivity contribution is 6.06. The van der Waals surface area contributed by atoms with Crippen LogP contribution in [0, 0.1) is 0 Å². The summed E-state index contributed by atoms with van der Waals surface area (Å²) in [6.07, 6.45) is 3.25. The lowest BCUT2D eigenvalue weighted by atomic mass is 9.86. The minimum Gasteiger partial charge on any atom is -0.456 e. The Hall–Kier alpha value is -2.55. The van der Waals surface area contributed by atoms with Crippen LogP contribution in [-0.2, 0) is 5.41 Å². The fourth-order valence-corrected chi connectivity index (χ4v) is 2.74. The third-order valence-corrected chi connectivity index (χ3v) is 4.01. The highest BCUT2D eigenvalue weighted by atomic mass is 16.3. The predicted molar refractivity (Wildman–Crippen MR) is 87.9 cm³/mol. The molecule has 3 heteroatoms. The third kappa shape index (κ3) is 2.01. The number of nitrogens with zero attached hydrogens (tertiary/aromatic N) is 1. The van der Waals surface area contributed by atoms with Gasteiger partial charge in [-0.05, 0) is 41.3 Å². The Morgan fingerprint density at radius 3 is 2.32 bits per heavy atom. The molecule has 0 N–H and O–H groups in total. The molecular formula is C19H17NO2. The molecule has 2 aromatic carbocycles. The van der Waals surface area contributed by atoms with Crippen molar-refractivity contribution < 1.29 is 8.83 Å². The van der Waals surface area contributed by atoms with Gasteiger partial charge in [0.25, 0.3) is 0 Å². The monoisotopic (exact) mass is 291 g/mol. The maximum absolute atomic E-state index is 5.94. The summed E-state index contributed by atoms with van der Waals surface area (Å²) >= 11 is 0. The molecule has 110 valence electrons. The zero-order valence-electron chi connectivity index (χ0n) is 12.9. The highest BCUT2D eigenvalue weighted by Crippen LogP contribution is 2.34. The lowest BCUT2D eigenvalue weighted by molar-refractivity contribution is 0.574. The van der Waals surface area contributed by atoms with E-state index in [9.17, 15) is 0 Å². The highest BCUT2D eigenvalue weighted by Gasteiger charge is 2.16. The topological polar surface area (TPSA) is 39.2 Å². The molecule has 22 heavy (non-hydrogen) atoms. The van der Waals surface area contributed by atoms with Gasteiger partial charge in [-0.2, -0.15) is 0 Å². The maximum Gasteiger partial charge on any atom is 0.225 e. The second kappa shape index (κ2) is 4.47. The van der Waals surface area contributed by atoms with Crippen molar-refractivity contribution in [3.8, 4) is 11.5 Å². The largest absolute Gasteiger partial charge is 0.456 e. The first kappa shape index (κ1) is 13.1. The average Bonchev–Trinajstić information content (AvgIpc) is 3.12. The molecule has 0 saturated heterocycles. The van der Waals surface area contributed by atoms with Gasteiger partial charge in [0, 0.05) is 16.3 Å². The van der Waals surface area contributed by atoms with E-state index in [2.05, 4.69) is 50.0 Å². The van der Waals surface area contributed by atoms with E-state index in [0.29, 0.717) is 5.89 Å². The summed E-state index contributed by atoms with van der Waals surface area (Å²) in [7, 11) is 0. The van der Waals surface area contributed by atoms with E-state index in [4.69, 9.17) is 8.83 Å². The quantitative estimate of drug-likeness (QED) is 0.462. The second-order valence-electron chi connectivity index (χ2n) is 6.61. The summed E-state index contributed by atoms with van der Waals surface area (Å²) in [6, 6.07) is 12.5. The van der Waals surface area contributed by atoms with Crippen LogP contribution in [0.3, 0.4) is 0 Å². The number of hydrogen-bond acceptors (Lipinski definition) is 3. The van der Waals surface area contributed by atoms with E-state index in [1.165, 1.54) is 5.56 Å². The summed E-state index contributed by atoms with van der Waals surface area (Å²) in [5.74, 6) is 0.628. The maximum atomic E-state index is 5.94. The first-order valence-electron chi connectivity index (χ1n) is 7.39. The second-order valence-corrected chi connectivity index (χ2v) is 6.61. The fraction of sp³-hybridized carbons (Fsp3) is 0.211. The smallest absolute Gasteiger partial charge is 0.225 e. The molecule has 0 spiro atoms. The predicted octanol–water partition coefficient (Wildman–Crippen LogP) is 5.54. The van der Waals surface area contributed by atoms with Crippen LogP contribution in [0.15, 0.2) is 57.7 Å². The number of fused-ring (bicyclic) bond motifs is 3. The molecule has 2 aromatic heterocycles. The Bertz CT molecular complexity index is 956. The average molecular weight is 291 g/mol. The summed E-state index contributed by atoms with van der Waals surface area (Å²) in [5.41, 5.74) is 4.16. The van der Waals surface area contributed by atoms with Crippen molar-refractivity contribution in [1.82, 2.24) is 4.98 Å². The SMILES string of the molecule is CC(C)(C)c1ccc2oc3ccc(-c4ncco4)cc3c2c1. The first-order valence-corrected chi connectivity index (χ1v) is 7.39. The molecule has 2 heterocycles. The molecule has 0 aliphatic heterocycles. The molecule has 0 unspecified atom stereocenters. The zero-order valence-corrected chi connectivity index (χ0v) is 12.9. The number of benzene rings is 2. The third-order valence-electron chi connectivity index (χ3n) is 4.01. The molecule has 0 aliphatic carbocycles. The Labute approximate surface area is 128 Å². The van der Waals surface area contributed by atoms with E-state index in [-0.39, 0.29) is 5.41 Å². The van der Waals surface area contributed by atoms with Crippen molar-refractivity contribution in [3.05, 3.63) is 54.4 Å². The van der Waals surface area contributed by atoms with Gasteiger partial charge in [-0.25, -0.2) is 4.98 Å². The van der Waals surface area contributed by atoms with Crippen LogP contribution in [-0.4, -0.2) is 4.98 Å². The van der Waals surface area contributed by atoms with Crippen molar-refractivity contribution in [3.63, 3.8) is 0 Å². The van der Waals surface area contributed by atoms with E-state index in [1.54, 1.807) is 12.5 Å². The Morgan fingerprint density at radius 2 is 1.64 bits per heavy atom. The number of aromatic nitrogens is 1. The van der Waals surface area contributed by atoms with Crippen molar-refractivity contribution >= 4 is 21.9 Å². The molecule has 0 amide bonds. The molecule has 0 fully saturated rings. The van der Waals surface area contributed by atoms with Crippen molar-refractivity contribution in [1.29, 1.82) is 0 Å². The normalized spacial score (nSPS) is 12.3. The molecular weight excluding hydrogens is 274 g/mol. The molecule has 0 saturated carbocycles. The number of furan rings is 1. The van der Waals surface area contributed by atoms with E-state index in [1.807, 2.05) is 12.1 Å². The first-order chi connectivity index (χ1) is 10.5. The molecule has 0 radical (unpaired) electrons. The van der Waals surface area contributed by atoms with Gasteiger partial charge in [0.15, 0.2) is 0 Å². The van der Waals surface area contributed by atoms with Gasteiger partial charge in [-0.3, -0.25) is 0 Å². The van der Waals surface area contributed by atoms with Crippen molar-refractivity contribution in [2.75, 3.05) is 0 Å². The van der Waals surface area contributed by atoms with Crippen molar-refractivity contribution in [2.45, 2.75) is 26.2 Å².